The van der Waals surface area contributed by atoms with Crippen molar-refractivity contribution in [3.8, 4) is 0 Å². The molecule has 0 bridgehead atoms. The molecule has 0 radical (unpaired) electrons. The van der Waals surface area contributed by atoms with Crippen LogP contribution in [0.1, 0.15) is 90.4 Å². The molecule has 5 N–H and O–H groups in total. The number of rotatable bonds is 17. The number of carbonyl (C=O) groups is 2. The van der Waals surface area contributed by atoms with Crippen LogP contribution in [0.2, 0.25) is 0 Å². The second-order valence-corrected chi connectivity index (χ2v) is 6.93. The van der Waals surface area contributed by atoms with E-state index in [4.69, 9.17) is 5.73 Å². The van der Waals surface area contributed by atoms with Gasteiger partial charge in [0.2, 0.25) is 11.8 Å². The number of aliphatic hydroxyl groups is 2. The Balaban J connectivity index is 3.64. The molecule has 0 aliphatic rings. The van der Waals surface area contributed by atoms with E-state index >= 15 is 0 Å². The topological polar surface area (TPSA) is 113 Å². The van der Waals surface area contributed by atoms with Gasteiger partial charge >= 0.3 is 0 Å². The molecule has 0 unspecified atom stereocenters. The molecule has 2 amide bonds. The summed E-state index contributed by atoms with van der Waals surface area (Å²) in [4.78, 5) is 22.6. The first kappa shape index (κ1) is 23.9. The van der Waals surface area contributed by atoms with E-state index in [9.17, 15) is 19.8 Å². The van der Waals surface area contributed by atoms with Gasteiger partial charge in [-0.25, -0.2) is 0 Å². The van der Waals surface area contributed by atoms with Crippen molar-refractivity contribution < 1.29 is 19.8 Å². The summed E-state index contributed by atoms with van der Waals surface area (Å²) in [6.45, 7) is 1.98. The fraction of sp³-hybridized carbons (Fsp3) is 0.895. The van der Waals surface area contributed by atoms with E-state index in [1.54, 1.807) is 0 Å². The second-order valence-electron chi connectivity index (χ2n) is 6.93. The molecule has 148 valence electrons. The average Bonchev–Trinajstić information content (AvgIpc) is 2.56. The Morgan fingerprint density at radius 2 is 1.52 bits per heavy atom. The molecule has 25 heavy (non-hydrogen) atoms. The predicted octanol–water partition coefficient (Wildman–Crippen LogP) is 2.40. The van der Waals surface area contributed by atoms with Gasteiger partial charge in [0.15, 0.2) is 0 Å². The zero-order valence-corrected chi connectivity index (χ0v) is 15.8. The van der Waals surface area contributed by atoms with Gasteiger partial charge in [-0.2, -0.15) is 0 Å². The van der Waals surface area contributed by atoms with E-state index in [-0.39, 0.29) is 25.4 Å². The normalized spacial score (nSPS) is 13.4. The molecule has 0 saturated carbocycles. The van der Waals surface area contributed by atoms with Crippen molar-refractivity contribution in [2.45, 2.75) is 103 Å². The molecule has 6 nitrogen and oxygen atoms in total. The van der Waals surface area contributed by atoms with Crippen LogP contribution in [0.3, 0.4) is 0 Å². The predicted molar refractivity (Wildman–Crippen MR) is 99.9 cm³/mol. The van der Waals surface area contributed by atoms with E-state index in [1.165, 1.54) is 44.9 Å². The molecule has 0 saturated heterocycles. The third-order valence-electron chi connectivity index (χ3n) is 4.39. The summed E-state index contributed by atoms with van der Waals surface area (Å²) in [6.07, 6.45) is 11.4. The first-order chi connectivity index (χ1) is 12.0. The van der Waals surface area contributed by atoms with Gasteiger partial charge in [0.05, 0.1) is 25.2 Å². The van der Waals surface area contributed by atoms with Gasteiger partial charge in [0.25, 0.3) is 0 Å². The van der Waals surface area contributed by atoms with E-state index in [0.717, 1.165) is 12.8 Å². The Bertz CT molecular complexity index is 350. The summed E-state index contributed by atoms with van der Waals surface area (Å²) in [5.74, 6) is -0.759. The third kappa shape index (κ3) is 16.1. The lowest BCUT2D eigenvalue weighted by Gasteiger charge is -2.17. The largest absolute Gasteiger partial charge is 0.394 e. The van der Waals surface area contributed by atoms with Gasteiger partial charge in [0, 0.05) is 6.42 Å². The molecule has 6 heteroatoms. The van der Waals surface area contributed by atoms with Crippen molar-refractivity contribution in [1.82, 2.24) is 5.32 Å². The maximum Gasteiger partial charge on any atom is 0.222 e. The summed E-state index contributed by atoms with van der Waals surface area (Å²) in [6, 6.07) is -0.486. The van der Waals surface area contributed by atoms with Crippen LogP contribution in [-0.2, 0) is 9.59 Å². The van der Waals surface area contributed by atoms with Crippen molar-refractivity contribution in [2.75, 3.05) is 6.61 Å². The van der Waals surface area contributed by atoms with Crippen molar-refractivity contribution in [3.05, 3.63) is 0 Å². The summed E-state index contributed by atoms with van der Waals surface area (Å²) in [7, 11) is 0. The van der Waals surface area contributed by atoms with Crippen LogP contribution in [0, 0.1) is 0 Å². The lowest BCUT2D eigenvalue weighted by atomic mass is 10.0. The minimum Gasteiger partial charge on any atom is -0.394 e. The number of unbranched alkanes of at least 4 members (excludes halogenated alkanes) is 8. The molecule has 0 aliphatic heterocycles. The minimum atomic E-state index is -0.653. The highest BCUT2D eigenvalue weighted by Gasteiger charge is 2.15. The Morgan fingerprint density at radius 1 is 0.960 bits per heavy atom. The van der Waals surface area contributed by atoms with E-state index in [1.807, 2.05) is 0 Å². The van der Waals surface area contributed by atoms with Crippen LogP contribution in [0.4, 0.5) is 0 Å². The Morgan fingerprint density at radius 3 is 2.04 bits per heavy atom. The quantitative estimate of drug-likeness (QED) is 0.299. The summed E-state index contributed by atoms with van der Waals surface area (Å²) >= 11 is 0. The van der Waals surface area contributed by atoms with Gasteiger partial charge in [0.1, 0.15) is 0 Å². The molecule has 0 aromatic rings. The lowest BCUT2D eigenvalue weighted by molar-refractivity contribution is -0.124. The zero-order chi connectivity index (χ0) is 18.9. The number of carbonyl (C=O) groups excluding carboxylic acids is 2. The van der Waals surface area contributed by atoms with Crippen molar-refractivity contribution in [3.63, 3.8) is 0 Å². The third-order valence-corrected chi connectivity index (χ3v) is 4.39. The second kappa shape index (κ2) is 16.3. The smallest absolute Gasteiger partial charge is 0.222 e. The summed E-state index contributed by atoms with van der Waals surface area (Å²) in [5.41, 5.74) is 5.05. The molecule has 0 aliphatic carbocycles. The molecule has 0 rings (SSSR count). The van der Waals surface area contributed by atoms with Crippen LogP contribution in [0.5, 0.6) is 0 Å². The van der Waals surface area contributed by atoms with Gasteiger partial charge in [-0.3, -0.25) is 9.59 Å². The number of primary amides is 1. The highest BCUT2D eigenvalue weighted by Crippen LogP contribution is 2.12. The monoisotopic (exact) mass is 358 g/mol. The van der Waals surface area contributed by atoms with Gasteiger partial charge in [-0.15, -0.1) is 0 Å². The molecular formula is C19H38N2O4. The van der Waals surface area contributed by atoms with Crippen LogP contribution < -0.4 is 11.1 Å². The highest BCUT2D eigenvalue weighted by molar-refractivity contribution is 5.77. The molecule has 0 spiro atoms. The van der Waals surface area contributed by atoms with Crippen molar-refractivity contribution in [2.24, 2.45) is 5.73 Å². The first-order valence-electron chi connectivity index (χ1n) is 9.86. The molecular weight excluding hydrogens is 320 g/mol. The van der Waals surface area contributed by atoms with Crippen LogP contribution >= 0.6 is 0 Å². The molecule has 0 aromatic heterocycles. The Hall–Kier alpha value is -1.14. The van der Waals surface area contributed by atoms with Gasteiger partial charge in [-0.1, -0.05) is 64.7 Å². The highest BCUT2D eigenvalue weighted by atomic mass is 16.3. The Kier molecular flexibility index (Phi) is 15.6. The standard InChI is InChI=1S/C19H38N2O4/c1-2-3-4-5-6-7-8-9-10-11-17(23)14-19(25)21-16(15-22)12-13-18(20)24/h16-17,22-23H,2-15H2,1H3,(H2,20,24)(H,21,25)/t16-,17-/m1/s1. The summed E-state index contributed by atoms with van der Waals surface area (Å²) in [5, 5.41) is 21.7. The van der Waals surface area contributed by atoms with Gasteiger partial charge < -0.3 is 21.3 Å². The van der Waals surface area contributed by atoms with E-state index < -0.39 is 18.1 Å². The minimum absolute atomic E-state index is 0.0318. The Labute approximate surface area is 152 Å². The van der Waals surface area contributed by atoms with Crippen LogP contribution in [0.15, 0.2) is 0 Å². The SMILES string of the molecule is CCCCCCCCCCC[C@@H](O)CC(=O)N[C@@H](CO)CCC(N)=O. The lowest BCUT2D eigenvalue weighted by Crippen LogP contribution is -2.39. The molecule has 0 heterocycles. The number of nitrogens with one attached hydrogen (secondary N) is 1. The number of nitrogens with two attached hydrogens (primary N) is 1. The fourth-order valence-corrected chi connectivity index (χ4v) is 2.82. The molecule has 0 fully saturated rings. The van der Waals surface area contributed by atoms with Crippen molar-refractivity contribution in [1.29, 1.82) is 0 Å². The van der Waals surface area contributed by atoms with Crippen LogP contribution in [0.25, 0.3) is 0 Å². The number of amides is 2. The number of hydrogen-bond donors (Lipinski definition) is 4. The first-order valence-corrected chi connectivity index (χ1v) is 9.86. The summed E-state index contributed by atoms with van der Waals surface area (Å²) < 4.78 is 0. The maximum atomic E-state index is 11.8. The van der Waals surface area contributed by atoms with Gasteiger partial charge in [-0.05, 0) is 12.8 Å². The number of aliphatic hydroxyl groups excluding tert-OH is 2. The fourth-order valence-electron chi connectivity index (χ4n) is 2.82. The maximum absolute atomic E-state index is 11.8. The van der Waals surface area contributed by atoms with Crippen molar-refractivity contribution >= 4 is 11.8 Å². The molecule has 2 atom stereocenters. The number of hydrogen-bond acceptors (Lipinski definition) is 4. The van der Waals surface area contributed by atoms with Crippen LogP contribution in [-0.4, -0.2) is 40.8 Å². The van der Waals surface area contributed by atoms with E-state index in [2.05, 4.69) is 12.2 Å². The average molecular weight is 359 g/mol. The zero-order valence-electron chi connectivity index (χ0n) is 15.8. The van der Waals surface area contributed by atoms with E-state index in [0.29, 0.717) is 12.8 Å². The molecule has 0 aromatic carbocycles.